The van der Waals surface area contributed by atoms with E-state index in [1.54, 1.807) is 4.90 Å². The van der Waals surface area contributed by atoms with Gasteiger partial charge in [-0.05, 0) is 42.7 Å². The van der Waals surface area contributed by atoms with E-state index in [2.05, 4.69) is 0 Å². The third kappa shape index (κ3) is 5.10. The van der Waals surface area contributed by atoms with Crippen molar-refractivity contribution in [3.8, 4) is 0 Å². The number of nitrogens with zero attached hydrogens (tertiary/aromatic N) is 1. The van der Waals surface area contributed by atoms with Gasteiger partial charge in [0.2, 0.25) is 5.91 Å². The topological polar surface area (TPSA) is 80.8 Å². The zero-order chi connectivity index (χ0) is 22.0. The van der Waals surface area contributed by atoms with Gasteiger partial charge in [0.1, 0.15) is 11.9 Å². The second kappa shape index (κ2) is 9.01. The average molecular weight is 462 g/mol. The smallest absolute Gasteiger partial charge is 0.310 e. The molecule has 0 saturated carbocycles. The number of hydrogen-bond acceptors (Lipinski definition) is 5. The number of carbonyl (C=O) groups is 2. The molecule has 0 N–H and O–H groups in total. The number of fused-ring (bicyclic) bond motifs is 2. The van der Waals surface area contributed by atoms with E-state index in [4.69, 9.17) is 16.3 Å². The fourth-order valence-electron chi connectivity index (χ4n) is 4.58. The Morgan fingerprint density at radius 3 is 2.19 bits per heavy atom. The van der Waals surface area contributed by atoms with Gasteiger partial charge in [0.15, 0.2) is 9.84 Å². The lowest BCUT2D eigenvalue weighted by atomic mass is 9.99. The van der Waals surface area contributed by atoms with Crippen LogP contribution < -0.4 is 0 Å². The third-order valence-corrected chi connectivity index (χ3v) is 7.82. The Hall–Kier alpha value is -2.38. The van der Waals surface area contributed by atoms with Crippen molar-refractivity contribution in [2.24, 2.45) is 0 Å². The molecule has 31 heavy (non-hydrogen) atoms. The second-order valence-electron chi connectivity index (χ2n) is 8.14. The molecule has 6 nitrogen and oxygen atoms in total. The molecule has 2 aromatic rings. The molecule has 0 aromatic heterocycles. The normalized spacial score (nSPS) is 22.9. The van der Waals surface area contributed by atoms with Gasteiger partial charge in [-0.3, -0.25) is 9.59 Å². The first-order valence-corrected chi connectivity index (χ1v) is 12.4. The Labute approximate surface area is 187 Å². The van der Waals surface area contributed by atoms with E-state index in [0.29, 0.717) is 17.9 Å². The van der Waals surface area contributed by atoms with Gasteiger partial charge in [-0.15, -0.1) is 0 Å². The maximum absolute atomic E-state index is 12.9. The lowest BCUT2D eigenvalue weighted by molar-refractivity contribution is -0.153. The van der Waals surface area contributed by atoms with Crippen molar-refractivity contribution in [2.45, 2.75) is 55.2 Å². The number of sulfone groups is 1. The minimum absolute atomic E-state index is 0.0855. The van der Waals surface area contributed by atoms with Crippen LogP contribution in [-0.2, 0) is 30.6 Å². The highest BCUT2D eigenvalue weighted by molar-refractivity contribution is 7.92. The summed E-state index contributed by atoms with van der Waals surface area (Å²) < 4.78 is 31.0. The number of halogens is 1. The van der Waals surface area contributed by atoms with Crippen molar-refractivity contribution in [3.05, 3.63) is 65.2 Å². The summed E-state index contributed by atoms with van der Waals surface area (Å²) in [6, 6.07) is 15.1. The number of carbonyl (C=O) groups excluding carboxylic acids is 2. The van der Waals surface area contributed by atoms with Gasteiger partial charge in [-0.2, -0.15) is 0 Å². The second-order valence-corrected chi connectivity index (χ2v) is 10.6. The summed E-state index contributed by atoms with van der Waals surface area (Å²) in [5.41, 5.74) is 0.899. The monoisotopic (exact) mass is 461 g/mol. The van der Waals surface area contributed by atoms with Gasteiger partial charge < -0.3 is 9.64 Å². The molecule has 0 spiro atoms. The van der Waals surface area contributed by atoms with E-state index < -0.39 is 21.5 Å². The highest BCUT2D eigenvalue weighted by Gasteiger charge is 2.45. The first-order chi connectivity index (χ1) is 14.8. The molecule has 2 bridgehead atoms. The molecule has 164 valence electrons. The van der Waals surface area contributed by atoms with Crippen LogP contribution in [0.15, 0.2) is 59.5 Å². The van der Waals surface area contributed by atoms with Gasteiger partial charge in [-0.25, -0.2) is 8.42 Å². The van der Waals surface area contributed by atoms with Crippen molar-refractivity contribution in [1.29, 1.82) is 0 Å². The molecule has 3 atom stereocenters. The summed E-state index contributed by atoms with van der Waals surface area (Å²) >= 11 is 5.82. The Kier molecular flexibility index (Phi) is 6.34. The first-order valence-electron chi connectivity index (χ1n) is 10.3. The van der Waals surface area contributed by atoms with E-state index in [-0.39, 0.29) is 35.5 Å². The largest absolute Gasteiger partial charge is 0.462 e. The molecule has 0 aliphatic carbocycles. The standard InChI is InChI=1S/C23H24ClNO5S/c24-17-6-10-21(11-7-17)31(28,29)15-22(26)25-18-8-9-19(25)14-20(13-18)30-23(27)12-16-4-2-1-3-5-16/h1-7,10-11,18-20H,8-9,12-15H2/t18-,19+,20?. The van der Waals surface area contributed by atoms with Gasteiger partial charge in [0, 0.05) is 29.9 Å². The Bertz CT molecular complexity index is 1040. The van der Waals surface area contributed by atoms with Crippen LogP contribution >= 0.6 is 11.6 Å². The van der Waals surface area contributed by atoms with Crippen molar-refractivity contribution in [1.82, 2.24) is 4.90 Å². The van der Waals surface area contributed by atoms with Gasteiger partial charge in [0.05, 0.1) is 11.3 Å². The van der Waals surface area contributed by atoms with Crippen LogP contribution in [0.1, 0.15) is 31.2 Å². The summed E-state index contributed by atoms with van der Waals surface area (Å²) in [6.45, 7) is 0. The number of benzene rings is 2. The van der Waals surface area contributed by atoms with Crippen LogP contribution in [0.2, 0.25) is 5.02 Å². The number of ether oxygens (including phenoxy) is 1. The summed E-state index contributed by atoms with van der Waals surface area (Å²) in [5, 5.41) is 0.437. The molecule has 1 amide bonds. The fraction of sp³-hybridized carbons (Fsp3) is 0.391. The highest BCUT2D eigenvalue weighted by atomic mass is 35.5. The van der Waals surface area contributed by atoms with E-state index in [0.717, 1.165) is 18.4 Å². The van der Waals surface area contributed by atoms with E-state index in [1.165, 1.54) is 24.3 Å². The van der Waals surface area contributed by atoms with Crippen molar-refractivity contribution in [3.63, 3.8) is 0 Å². The predicted molar refractivity (Wildman–Crippen MR) is 116 cm³/mol. The van der Waals surface area contributed by atoms with Crippen LogP contribution in [0.5, 0.6) is 0 Å². The molecule has 4 rings (SSSR count). The third-order valence-electron chi connectivity index (χ3n) is 5.95. The zero-order valence-electron chi connectivity index (χ0n) is 16.9. The van der Waals surface area contributed by atoms with Gasteiger partial charge in [-0.1, -0.05) is 41.9 Å². The molecular weight excluding hydrogens is 438 g/mol. The van der Waals surface area contributed by atoms with Crippen molar-refractivity contribution >= 4 is 33.3 Å². The molecule has 2 aliphatic rings. The quantitative estimate of drug-likeness (QED) is 0.616. The van der Waals surface area contributed by atoms with E-state index in [1.807, 2.05) is 30.3 Å². The lowest BCUT2D eigenvalue weighted by Crippen LogP contribution is -2.50. The van der Waals surface area contributed by atoms with Gasteiger partial charge in [0.25, 0.3) is 0 Å². The minimum atomic E-state index is -3.75. The molecule has 0 radical (unpaired) electrons. The van der Waals surface area contributed by atoms with Crippen LogP contribution in [0.4, 0.5) is 0 Å². The highest BCUT2D eigenvalue weighted by Crippen LogP contribution is 2.37. The molecule has 2 saturated heterocycles. The number of hydrogen-bond donors (Lipinski definition) is 0. The summed E-state index contributed by atoms with van der Waals surface area (Å²) in [6.07, 6.45) is 2.65. The number of piperidine rings is 1. The molecule has 1 unspecified atom stereocenters. The van der Waals surface area contributed by atoms with Crippen molar-refractivity contribution in [2.75, 3.05) is 5.75 Å². The fourth-order valence-corrected chi connectivity index (χ4v) is 5.90. The molecular formula is C23H24ClNO5S. The Balaban J connectivity index is 1.36. The summed E-state index contributed by atoms with van der Waals surface area (Å²) in [4.78, 5) is 27.0. The maximum atomic E-state index is 12.9. The summed E-state index contributed by atoms with van der Waals surface area (Å²) in [7, 11) is -3.75. The molecule has 2 aliphatic heterocycles. The van der Waals surface area contributed by atoms with Gasteiger partial charge >= 0.3 is 5.97 Å². The maximum Gasteiger partial charge on any atom is 0.310 e. The first kappa shape index (κ1) is 21.8. The van der Waals surface area contributed by atoms with Crippen LogP contribution in [0, 0.1) is 0 Å². The lowest BCUT2D eigenvalue weighted by Gasteiger charge is -2.38. The molecule has 2 heterocycles. The van der Waals surface area contributed by atoms with E-state index in [9.17, 15) is 18.0 Å². The summed E-state index contributed by atoms with van der Waals surface area (Å²) in [5.74, 6) is -1.24. The van der Waals surface area contributed by atoms with Crippen LogP contribution in [0.3, 0.4) is 0 Å². The minimum Gasteiger partial charge on any atom is -0.462 e. The zero-order valence-corrected chi connectivity index (χ0v) is 18.5. The van der Waals surface area contributed by atoms with E-state index >= 15 is 0 Å². The molecule has 2 aromatic carbocycles. The number of rotatable bonds is 6. The number of amides is 1. The SMILES string of the molecule is O=C(Cc1ccccc1)OC1C[C@H]2CC[C@@H](C1)N2C(=O)CS(=O)(=O)c1ccc(Cl)cc1. The Morgan fingerprint density at radius 1 is 0.968 bits per heavy atom. The predicted octanol–water partition coefficient (Wildman–Crippen LogP) is 3.42. The van der Waals surface area contributed by atoms with Crippen molar-refractivity contribution < 1.29 is 22.7 Å². The Morgan fingerprint density at radius 2 is 1.58 bits per heavy atom. The molecule has 2 fully saturated rings. The van der Waals surface area contributed by atoms with Crippen LogP contribution in [0.25, 0.3) is 0 Å². The van der Waals surface area contributed by atoms with Crippen LogP contribution in [-0.4, -0.2) is 49.1 Å². The average Bonchev–Trinajstić information content (AvgIpc) is 3.00. The number of esters is 1. The molecule has 8 heteroatoms.